The van der Waals surface area contributed by atoms with Crippen LogP contribution in [0.5, 0.6) is 0 Å². The van der Waals surface area contributed by atoms with Gasteiger partial charge in [0.1, 0.15) is 5.60 Å². The first kappa shape index (κ1) is 25.9. The number of carbonyl (C=O) groups is 2. The van der Waals surface area contributed by atoms with Gasteiger partial charge in [-0.25, -0.2) is 0 Å². The van der Waals surface area contributed by atoms with E-state index < -0.39 is 29.6 Å². The lowest BCUT2D eigenvalue weighted by Crippen LogP contribution is -2.47. The van der Waals surface area contributed by atoms with Crippen molar-refractivity contribution in [3.63, 3.8) is 0 Å². The largest absolute Gasteiger partial charge is 0.460 e. The van der Waals surface area contributed by atoms with Crippen LogP contribution in [0.3, 0.4) is 0 Å². The molecule has 27 heavy (non-hydrogen) atoms. The van der Waals surface area contributed by atoms with Gasteiger partial charge in [-0.15, -0.1) is 0 Å². The minimum absolute atomic E-state index is 0.0108. The second kappa shape index (κ2) is 13.9. The van der Waals surface area contributed by atoms with E-state index in [-0.39, 0.29) is 18.9 Å². The molecule has 0 rings (SSSR count). The maximum atomic E-state index is 12.6. The third kappa shape index (κ3) is 13.6. The lowest BCUT2D eigenvalue weighted by Gasteiger charge is -2.24. The first-order chi connectivity index (χ1) is 12.6. The highest BCUT2D eigenvalue weighted by molar-refractivity contribution is 5.84. The molecule has 0 radical (unpaired) electrons. The van der Waals surface area contributed by atoms with E-state index in [1.54, 1.807) is 20.8 Å². The fraction of sp³-hybridized carbons (Fsp3) is 0.905. The van der Waals surface area contributed by atoms with Crippen LogP contribution in [0.15, 0.2) is 0 Å². The minimum Gasteiger partial charge on any atom is -0.460 e. The maximum absolute atomic E-state index is 12.6. The summed E-state index contributed by atoms with van der Waals surface area (Å²) in [6.07, 6.45) is 7.68. The third-order valence-electron chi connectivity index (χ3n) is 4.47. The first-order valence-corrected chi connectivity index (χ1v) is 10.4. The molecule has 1 amide bonds. The predicted molar refractivity (Wildman–Crippen MR) is 107 cm³/mol. The fourth-order valence-electron chi connectivity index (χ4n) is 2.88. The molecule has 0 unspecified atom stereocenters. The first-order valence-electron chi connectivity index (χ1n) is 10.4. The van der Waals surface area contributed by atoms with Gasteiger partial charge in [0.25, 0.3) is 0 Å². The monoisotopic (exact) mass is 387 g/mol. The highest BCUT2D eigenvalue weighted by Gasteiger charge is 2.27. The van der Waals surface area contributed by atoms with Crippen molar-refractivity contribution in [2.75, 3.05) is 6.61 Å². The molecule has 0 fully saturated rings. The molecule has 0 aliphatic rings. The summed E-state index contributed by atoms with van der Waals surface area (Å²) < 4.78 is 5.35. The molecule has 0 saturated carbocycles. The van der Waals surface area contributed by atoms with Crippen LogP contribution in [-0.4, -0.2) is 46.4 Å². The number of hydrogen-bond donors (Lipinski definition) is 3. The molecule has 3 atom stereocenters. The number of hydrogen-bond acceptors (Lipinski definition) is 5. The van der Waals surface area contributed by atoms with E-state index in [4.69, 9.17) is 4.74 Å². The lowest BCUT2D eigenvalue weighted by atomic mass is 9.95. The summed E-state index contributed by atoms with van der Waals surface area (Å²) in [5.41, 5.74) is -0.593. The van der Waals surface area contributed by atoms with E-state index >= 15 is 0 Å². The molecule has 0 aromatic rings. The Labute approximate surface area is 165 Å². The van der Waals surface area contributed by atoms with Crippen LogP contribution in [-0.2, 0) is 14.3 Å². The average Bonchev–Trinajstić information content (AvgIpc) is 2.55. The molecule has 0 bridgehead atoms. The molecule has 0 aromatic heterocycles. The Kier molecular flexibility index (Phi) is 13.4. The van der Waals surface area contributed by atoms with Crippen LogP contribution in [0.1, 0.15) is 92.4 Å². The second-order valence-electron chi connectivity index (χ2n) is 8.44. The van der Waals surface area contributed by atoms with Gasteiger partial charge >= 0.3 is 5.97 Å². The number of ether oxygens (including phenoxy) is 1. The minimum atomic E-state index is -0.861. The molecule has 3 N–H and O–H groups in total. The Hall–Kier alpha value is -1.14. The number of aliphatic hydroxyl groups excluding tert-OH is 2. The average molecular weight is 388 g/mol. The van der Waals surface area contributed by atoms with Crippen molar-refractivity contribution in [3.8, 4) is 0 Å². The summed E-state index contributed by atoms with van der Waals surface area (Å²) in [7, 11) is 0. The molecular formula is C21H41NO5. The number of nitrogens with one attached hydrogen (secondary N) is 1. The van der Waals surface area contributed by atoms with Gasteiger partial charge in [0, 0.05) is 5.92 Å². The number of rotatable bonds is 14. The van der Waals surface area contributed by atoms with E-state index in [0.29, 0.717) is 6.42 Å². The Morgan fingerprint density at radius 1 is 1.04 bits per heavy atom. The van der Waals surface area contributed by atoms with Crippen molar-refractivity contribution in [2.45, 2.75) is 110 Å². The van der Waals surface area contributed by atoms with Crippen LogP contribution in [0.4, 0.5) is 0 Å². The molecule has 160 valence electrons. The van der Waals surface area contributed by atoms with Crippen molar-refractivity contribution in [1.29, 1.82) is 0 Å². The zero-order chi connectivity index (χ0) is 20.9. The fourth-order valence-corrected chi connectivity index (χ4v) is 2.88. The molecule has 0 spiro atoms. The van der Waals surface area contributed by atoms with Crippen molar-refractivity contribution in [1.82, 2.24) is 5.32 Å². The van der Waals surface area contributed by atoms with Gasteiger partial charge in [-0.1, -0.05) is 51.9 Å². The van der Waals surface area contributed by atoms with Gasteiger partial charge in [-0.3, -0.25) is 9.59 Å². The van der Waals surface area contributed by atoms with E-state index in [9.17, 15) is 19.8 Å². The molecule has 0 heterocycles. The van der Waals surface area contributed by atoms with Gasteiger partial charge in [0.2, 0.25) is 5.91 Å². The topological polar surface area (TPSA) is 95.9 Å². The van der Waals surface area contributed by atoms with Crippen molar-refractivity contribution < 1.29 is 24.5 Å². The third-order valence-corrected chi connectivity index (χ3v) is 4.47. The van der Waals surface area contributed by atoms with Crippen molar-refractivity contribution in [3.05, 3.63) is 0 Å². The number of esters is 1. The van der Waals surface area contributed by atoms with Gasteiger partial charge in [0.15, 0.2) is 0 Å². The Morgan fingerprint density at radius 3 is 2.07 bits per heavy atom. The van der Waals surface area contributed by atoms with Gasteiger partial charge in [-0.2, -0.15) is 0 Å². The van der Waals surface area contributed by atoms with Gasteiger partial charge in [0.05, 0.1) is 25.2 Å². The molecular weight excluding hydrogens is 346 g/mol. The summed E-state index contributed by atoms with van der Waals surface area (Å²) in [6, 6.07) is -0.729. The van der Waals surface area contributed by atoms with Crippen LogP contribution in [0.2, 0.25) is 0 Å². The number of aliphatic hydroxyl groups is 2. The van der Waals surface area contributed by atoms with E-state index in [1.165, 1.54) is 32.6 Å². The quantitative estimate of drug-likeness (QED) is 0.314. The summed E-state index contributed by atoms with van der Waals surface area (Å²) >= 11 is 0. The Balaban J connectivity index is 4.65. The molecule has 0 saturated heterocycles. The molecule has 0 aliphatic carbocycles. The van der Waals surface area contributed by atoms with Crippen LogP contribution >= 0.6 is 0 Å². The number of unbranched alkanes of at least 4 members (excludes halogenated alkanes) is 6. The number of carbonyl (C=O) groups excluding carboxylic acids is 2. The standard InChI is InChI=1S/C21H41NO5/c1-6-7-8-9-10-11-12-13-17(14-19(25)27-21(3,4)5)20(26)22-18(15-23)16(2)24/h16-18,23-24H,6-15H2,1-5H3,(H,22,26)/t16-,17+,18-/m0/s1. The summed E-state index contributed by atoms with van der Waals surface area (Å²) in [4.78, 5) is 24.8. The summed E-state index contributed by atoms with van der Waals surface area (Å²) in [5.74, 6) is -1.22. The smallest absolute Gasteiger partial charge is 0.307 e. The molecule has 0 aliphatic heterocycles. The zero-order valence-electron chi connectivity index (χ0n) is 17.9. The zero-order valence-corrected chi connectivity index (χ0v) is 17.9. The highest BCUT2D eigenvalue weighted by atomic mass is 16.6. The van der Waals surface area contributed by atoms with Gasteiger partial charge in [-0.05, 0) is 34.1 Å². The SMILES string of the molecule is CCCCCCCCC[C@H](CC(=O)OC(C)(C)C)C(=O)N[C@@H](CO)[C@H](C)O. The van der Waals surface area contributed by atoms with Crippen LogP contribution < -0.4 is 5.32 Å². The second-order valence-corrected chi connectivity index (χ2v) is 8.44. The van der Waals surface area contributed by atoms with Crippen LogP contribution in [0.25, 0.3) is 0 Å². The van der Waals surface area contributed by atoms with Crippen molar-refractivity contribution >= 4 is 11.9 Å². The molecule has 6 nitrogen and oxygen atoms in total. The van der Waals surface area contributed by atoms with E-state index in [1.807, 2.05) is 0 Å². The summed E-state index contributed by atoms with van der Waals surface area (Å²) in [5, 5.41) is 21.6. The molecule has 0 aromatic carbocycles. The predicted octanol–water partition coefficient (Wildman–Crippen LogP) is 3.33. The van der Waals surface area contributed by atoms with Crippen molar-refractivity contribution in [2.24, 2.45) is 5.92 Å². The highest BCUT2D eigenvalue weighted by Crippen LogP contribution is 2.19. The van der Waals surface area contributed by atoms with E-state index in [0.717, 1.165) is 19.3 Å². The lowest BCUT2D eigenvalue weighted by molar-refractivity contribution is -0.157. The Morgan fingerprint density at radius 2 is 1.59 bits per heavy atom. The van der Waals surface area contributed by atoms with Crippen LogP contribution in [0, 0.1) is 5.92 Å². The Bertz CT molecular complexity index is 417. The number of amides is 1. The molecule has 6 heteroatoms. The normalized spacial score (nSPS) is 15.1. The maximum Gasteiger partial charge on any atom is 0.307 e. The van der Waals surface area contributed by atoms with Gasteiger partial charge < -0.3 is 20.3 Å². The van der Waals surface area contributed by atoms with E-state index in [2.05, 4.69) is 12.2 Å². The summed E-state index contributed by atoms with van der Waals surface area (Å²) in [6.45, 7) is 8.75.